The normalized spacial score (nSPS) is 43.4. The highest BCUT2D eigenvalue weighted by Gasteiger charge is 2.41. The number of β-amino-alcohol motifs (C(OH)–C–C–N with tert-alkyl or cyclic N) is 1. The third-order valence-corrected chi connectivity index (χ3v) is 4.93. The zero-order valence-electron chi connectivity index (χ0n) is 11.9. The lowest BCUT2D eigenvalue weighted by Gasteiger charge is -2.45. The predicted octanol–water partition coefficient (Wildman–Crippen LogP) is -0.262. The lowest BCUT2D eigenvalue weighted by Crippen LogP contribution is -2.63. The number of aliphatic hydroxyl groups is 4. The van der Waals surface area contributed by atoms with Crippen LogP contribution in [0.15, 0.2) is 12.7 Å². The zero-order valence-corrected chi connectivity index (χ0v) is 11.9. The molecular formula is C15H27NO4. The Labute approximate surface area is 120 Å². The third kappa shape index (κ3) is 3.40. The van der Waals surface area contributed by atoms with E-state index in [9.17, 15) is 20.4 Å². The summed E-state index contributed by atoms with van der Waals surface area (Å²) in [5.41, 5.74) is 0. The summed E-state index contributed by atoms with van der Waals surface area (Å²) in [4.78, 5) is 1.93. The molecule has 1 heterocycles. The van der Waals surface area contributed by atoms with Crippen LogP contribution in [0.4, 0.5) is 0 Å². The molecule has 2 fully saturated rings. The molecule has 5 heteroatoms. The van der Waals surface area contributed by atoms with Crippen LogP contribution in [0.5, 0.6) is 0 Å². The molecule has 5 nitrogen and oxygen atoms in total. The first kappa shape index (κ1) is 15.9. The van der Waals surface area contributed by atoms with Crippen molar-refractivity contribution in [3.8, 4) is 0 Å². The van der Waals surface area contributed by atoms with Crippen LogP contribution in [0.25, 0.3) is 0 Å². The van der Waals surface area contributed by atoms with E-state index in [1.54, 1.807) is 0 Å². The molecule has 1 saturated heterocycles. The van der Waals surface area contributed by atoms with Gasteiger partial charge in [-0.05, 0) is 37.5 Å². The molecular weight excluding hydrogens is 258 g/mol. The van der Waals surface area contributed by atoms with Gasteiger partial charge in [-0.2, -0.15) is 0 Å². The van der Waals surface area contributed by atoms with Crippen LogP contribution in [0.3, 0.4) is 0 Å². The minimum atomic E-state index is -1.17. The van der Waals surface area contributed by atoms with E-state index in [1.165, 1.54) is 0 Å². The summed E-state index contributed by atoms with van der Waals surface area (Å²) < 4.78 is 0. The Morgan fingerprint density at radius 1 is 1.05 bits per heavy atom. The summed E-state index contributed by atoms with van der Waals surface area (Å²) in [7, 11) is 0. The maximum atomic E-state index is 9.96. The van der Waals surface area contributed by atoms with Gasteiger partial charge in [-0.25, -0.2) is 0 Å². The smallest absolute Gasteiger partial charge is 0.109 e. The van der Waals surface area contributed by atoms with Crippen LogP contribution in [-0.4, -0.2) is 69.4 Å². The molecule has 1 aliphatic heterocycles. The van der Waals surface area contributed by atoms with Gasteiger partial charge in [0.05, 0.1) is 18.8 Å². The molecule has 0 amide bonds. The molecule has 0 aromatic carbocycles. The molecule has 0 unspecified atom stereocenters. The summed E-state index contributed by atoms with van der Waals surface area (Å²) in [5, 5.41) is 38.9. The van der Waals surface area contributed by atoms with Gasteiger partial charge in [0.1, 0.15) is 12.2 Å². The van der Waals surface area contributed by atoms with E-state index in [4.69, 9.17) is 0 Å². The SMILES string of the molecule is C=C[C@H]1CC[C@@H](CN2C[C@H](O)[C@@H](O)[C@H](O)[C@H]2CO)CC1. The molecule has 2 rings (SSSR count). The number of hydrogen-bond donors (Lipinski definition) is 4. The van der Waals surface area contributed by atoms with E-state index >= 15 is 0 Å². The highest BCUT2D eigenvalue weighted by Crippen LogP contribution is 2.31. The van der Waals surface area contributed by atoms with Crippen molar-refractivity contribution in [2.75, 3.05) is 19.7 Å². The van der Waals surface area contributed by atoms with Crippen molar-refractivity contribution in [3.63, 3.8) is 0 Å². The first-order chi connectivity index (χ1) is 9.56. The number of allylic oxidation sites excluding steroid dienone is 1. The van der Waals surface area contributed by atoms with Gasteiger partial charge in [0.15, 0.2) is 0 Å². The second-order valence-corrected chi connectivity index (χ2v) is 6.27. The maximum absolute atomic E-state index is 9.96. The Kier molecular flexibility index (Phi) is 5.57. The molecule has 116 valence electrons. The number of likely N-dealkylation sites (tertiary alicyclic amines) is 1. The summed E-state index contributed by atoms with van der Waals surface area (Å²) >= 11 is 0. The Morgan fingerprint density at radius 2 is 1.70 bits per heavy atom. The number of hydrogen-bond acceptors (Lipinski definition) is 5. The van der Waals surface area contributed by atoms with E-state index in [2.05, 4.69) is 6.58 Å². The van der Waals surface area contributed by atoms with Crippen LogP contribution in [0, 0.1) is 11.8 Å². The number of piperidine rings is 1. The Balaban J connectivity index is 1.92. The summed E-state index contributed by atoms with van der Waals surface area (Å²) in [6.07, 6.45) is 3.32. The molecule has 4 atom stereocenters. The molecule has 0 bridgehead atoms. The monoisotopic (exact) mass is 285 g/mol. The molecule has 1 aliphatic carbocycles. The topological polar surface area (TPSA) is 84.2 Å². The lowest BCUT2D eigenvalue weighted by atomic mass is 9.81. The van der Waals surface area contributed by atoms with E-state index < -0.39 is 24.4 Å². The van der Waals surface area contributed by atoms with Gasteiger partial charge in [-0.1, -0.05) is 6.08 Å². The Morgan fingerprint density at radius 3 is 2.25 bits per heavy atom. The van der Waals surface area contributed by atoms with Crippen LogP contribution >= 0.6 is 0 Å². The minimum absolute atomic E-state index is 0.201. The highest BCUT2D eigenvalue weighted by atomic mass is 16.4. The lowest BCUT2D eigenvalue weighted by molar-refractivity contribution is -0.148. The summed E-state index contributed by atoms with van der Waals surface area (Å²) in [6, 6.07) is -0.481. The Bertz CT molecular complexity index is 317. The van der Waals surface area contributed by atoms with Crippen LogP contribution in [0.2, 0.25) is 0 Å². The van der Waals surface area contributed by atoms with Crippen LogP contribution < -0.4 is 0 Å². The molecule has 0 aromatic heterocycles. The van der Waals surface area contributed by atoms with Crippen LogP contribution in [-0.2, 0) is 0 Å². The van der Waals surface area contributed by atoms with Gasteiger partial charge < -0.3 is 20.4 Å². The largest absolute Gasteiger partial charge is 0.395 e. The second kappa shape index (κ2) is 7.00. The van der Waals surface area contributed by atoms with Crippen LogP contribution in [0.1, 0.15) is 25.7 Å². The molecule has 1 saturated carbocycles. The first-order valence-corrected chi connectivity index (χ1v) is 7.58. The fourth-order valence-corrected chi connectivity index (χ4v) is 3.53. The standard InChI is InChI=1S/C15H27NO4/c1-2-10-3-5-11(6-4-10)7-16-8-13(18)15(20)14(19)12(16)9-17/h2,10-15,17-20H,1,3-9H2/t10-,11+,12-,13+,14-,15-/m1/s1. The van der Waals surface area contributed by atoms with E-state index in [0.29, 0.717) is 18.4 Å². The molecule has 2 aliphatic rings. The average molecular weight is 285 g/mol. The maximum Gasteiger partial charge on any atom is 0.109 e. The second-order valence-electron chi connectivity index (χ2n) is 6.27. The van der Waals surface area contributed by atoms with Crippen molar-refractivity contribution >= 4 is 0 Å². The average Bonchev–Trinajstić information content (AvgIpc) is 2.46. The fourth-order valence-electron chi connectivity index (χ4n) is 3.53. The first-order valence-electron chi connectivity index (χ1n) is 7.58. The highest BCUT2D eigenvalue weighted by molar-refractivity contribution is 4.95. The predicted molar refractivity (Wildman–Crippen MR) is 76.1 cm³/mol. The molecule has 20 heavy (non-hydrogen) atoms. The quantitative estimate of drug-likeness (QED) is 0.535. The fraction of sp³-hybridized carbons (Fsp3) is 0.867. The van der Waals surface area contributed by atoms with E-state index in [1.807, 2.05) is 11.0 Å². The van der Waals surface area contributed by atoms with Crippen molar-refractivity contribution in [3.05, 3.63) is 12.7 Å². The molecule has 0 aromatic rings. The van der Waals surface area contributed by atoms with E-state index in [0.717, 1.165) is 32.2 Å². The van der Waals surface area contributed by atoms with Crippen molar-refractivity contribution < 1.29 is 20.4 Å². The minimum Gasteiger partial charge on any atom is -0.395 e. The van der Waals surface area contributed by atoms with Gasteiger partial charge in [-0.3, -0.25) is 4.90 Å². The number of rotatable bonds is 4. The van der Waals surface area contributed by atoms with Crippen molar-refractivity contribution in [2.45, 2.75) is 50.0 Å². The van der Waals surface area contributed by atoms with Gasteiger partial charge in [-0.15, -0.1) is 6.58 Å². The molecule has 0 radical (unpaired) electrons. The van der Waals surface area contributed by atoms with E-state index in [-0.39, 0.29) is 6.61 Å². The molecule has 4 N–H and O–H groups in total. The van der Waals surface area contributed by atoms with Gasteiger partial charge in [0.25, 0.3) is 0 Å². The van der Waals surface area contributed by atoms with Gasteiger partial charge in [0, 0.05) is 13.1 Å². The van der Waals surface area contributed by atoms with Crippen molar-refractivity contribution in [1.29, 1.82) is 0 Å². The van der Waals surface area contributed by atoms with Crippen molar-refractivity contribution in [2.24, 2.45) is 11.8 Å². The van der Waals surface area contributed by atoms with Crippen molar-refractivity contribution in [1.82, 2.24) is 4.90 Å². The zero-order chi connectivity index (χ0) is 14.7. The third-order valence-electron chi connectivity index (χ3n) is 4.93. The number of nitrogens with zero attached hydrogens (tertiary/aromatic N) is 1. The summed E-state index contributed by atoms with van der Waals surface area (Å²) in [6.45, 7) is 4.71. The Hall–Kier alpha value is -0.460. The van der Waals surface area contributed by atoms with Gasteiger partial charge in [0.2, 0.25) is 0 Å². The van der Waals surface area contributed by atoms with Gasteiger partial charge >= 0.3 is 0 Å². The summed E-state index contributed by atoms with van der Waals surface area (Å²) in [5.74, 6) is 1.13. The number of aliphatic hydroxyl groups excluding tert-OH is 4. The molecule has 0 spiro atoms.